The van der Waals surface area contributed by atoms with E-state index >= 15 is 0 Å². The number of hydroxylamine groups is 2. The fourth-order valence-electron chi connectivity index (χ4n) is 1.47. The molecule has 0 spiro atoms. The molecule has 1 aromatic rings. The van der Waals surface area contributed by atoms with Gasteiger partial charge in [0.25, 0.3) is 0 Å². The third-order valence-corrected chi connectivity index (χ3v) is 2.65. The summed E-state index contributed by atoms with van der Waals surface area (Å²) in [4.78, 5) is 10.1. The summed E-state index contributed by atoms with van der Waals surface area (Å²) >= 11 is 0. The molecule has 0 saturated heterocycles. The summed E-state index contributed by atoms with van der Waals surface area (Å²) in [5.74, 6) is 0. The predicted molar refractivity (Wildman–Crippen MR) is 81.5 cm³/mol. The van der Waals surface area contributed by atoms with Gasteiger partial charge in [0.2, 0.25) is 0 Å². The van der Waals surface area contributed by atoms with Crippen molar-refractivity contribution in [3.8, 4) is 0 Å². The number of carboxylic acid groups (broad SMARTS) is 1. The standard InChI is InChI=1S/C8H18N2O4.C7H8/c11-7-2-1-4-9-5-3-6-10(14)8(12)13;1-7-5-3-2-4-6-7/h9,11,14H,1-7H2,(H,12,13);2-6H,1H3. The van der Waals surface area contributed by atoms with Gasteiger partial charge in [-0.15, -0.1) is 0 Å². The Hall–Kier alpha value is -1.63. The fraction of sp³-hybridized carbons (Fsp3) is 0.533. The summed E-state index contributed by atoms with van der Waals surface area (Å²) in [6.07, 6.45) is 0.916. The number of aliphatic hydroxyl groups is 1. The van der Waals surface area contributed by atoms with E-state index in [9.17, 15) is 4.79 Å². The number of amides is 1. The largest absolute Gasteiger partial charge is 0.463 e. The van der Waals surface area contributed by atoms with Crippen molar-refractivity contribution in [3.05, 3.63) is 35.9 Å². The second-order valence-corrected chi connectivity index (χ2v) is 4.59. The summed E-state index contributed by atoms with van der Waals surface area (Å²) in [7, 11) is 0. The molecule has 1 rings (SSSR count). The number of aliphatic hydroxyl groups excluding tert-OH is 1. The van der Waals surface area contributed by atoms with Crippen LogP contribution in [0, 0.1) is 6.92 Å². The van der Waals surface area contributed by atoms with Gasteiger partial charge >= 0.3 is 6.09 Å². The van der Waals surface area contributed by atoms with Crippen molar-refractivity contribution in [1.29, 1.82) is 0 Å². The average Bonchev–Trinajstić information content (AvgIpc) is 2.47. The first-order valence-corrected chi connectivity index (χ1v) is 7.10. The Morgan fingerprint density at radius 1 is 1.14 bits per heavy atom. The number of benzene rings is 1. The highest BCUT2D eigenvalue weighted by Crippen LogP contribution is 1.92. The van der Waals surface area contributed by atoms with Crippen LogP contribution in [-0.2, 0) is 0 Å². The molecule has 0 radical (unpaired) electrons. The molecule has 21 heavy (non-hydrogen) atoms. The molecular weight excluding hydrogens is 272 g/mol. The maximum absolute atomic E-state index is 10.1. The van der Waals surface area contributed by atoms with Crippen LogP contribution >= 0.6 is 0 Å². The minimum atomic E-state index is -1.33. The molecule has 0 fully saturated rings. The van der Waals surface area contributed by atoms with Crippen LogP contribution in [0.25, 0.3) is 0 Å². The molecule has 0 aromatic heterocycles. The highest BCUT2D eigenvalue weighted by atomic mass is 16.6. The number of hydrogen-bond donors (Lipinski definition) is 4. The van der Waals surface area contributed by atoms with Gasteiger partial charge in [-0.3, -0.25) is 5.21 Å². The molecule has 1 amide bonds. The van der Waals surface area contributed by atoms with E-state index in [1.165, 1.54) is 5.56 Å². The SMILES string of the molecule is Cc1ccccc1.O=C(O)N(O)CCCNCCCCO. The number of carbonyl (C=O) groups is 1. The second-order valence-electron chi connectivity index (χ2n) is 4.59. The van der Waals surface area contributed by atoms with Gasteiger partial charge in [0.05, 0.1) is 6.54 Å². The Labute approximate surface area is 126 Å². The van der Waals surface area contributed by atoms with Crippen molar-refractivity contribution in [1.82, 2.24) is 10.4 Å². The smallest absolute Gasteiger partial charge is 0.431 e. The molecule has 0 saturated carbocycles. The van der Waals surface area contributed by atoms with Crippen LogP contribution in [0.4, 0.5) is 4.79 Å². The van der Waals surface area contributed by atoms with Gasteiger partial charge in [-0.1, -0.05) is 35.9 Å². The molecule has 0 unspecified atom stereocenters. The lowest BCUT2D eigenvalue weighted by Crippen LogP contribution is -2.29. The highest BCUT2D eigenvalue weighted by molar-refractivity contribution is 5.63. The molecule has 6 heteroatoms. The zero-order valence-corrected chi connectivity index (χ0v) is 12.5. The fourth-order valence-corrected chi connectivity index (χ4v) is 1.47. The van der Waals surface area contributed by atoms with Gasteiger partial charge in [0.15, 0.2) is 0 Å². The van der Waals surface area contributed by atoms with Gasteiger partial charge in [0.1, 0.15) is 0 Å². The van der Waals surface area contributed by atoms with Gasteiger partial charge in [-0.25, -0.2) is 4.79 Å². The topological polar surface area (TPSA) is 93.0 Å². The molecule has 0 bridgehead atoms. The third kappa shape index (κ3) is 13.1. The third-order valence-electron chi connectivity index (χ3n) is 2.65. The van der Waals surface area contributed by atoms with Crippen LogP contribution in [-0.4, -0.2) is 52.8 Å². The molecule has 6 nitrogen and oxygen atoms in total. The van der Waals surface area contributed by atoms with Crippen LogP contribution in [0.2, 0.25) is 0 Å². The van der Waals surface area contributed by atoms with Crippen LogP contribution in [0.1, 0.15) is 24.8 Å². The van der Waals surface area contributed by atoms with E-state index in [0.29, 0.717) is 13.0 Å². The van der Waals surface area contributed by atoms with Crippen molar-refractivity contribution in [3.63, 3.8) is 0 Å². The van der Waals surface area contributed by atoms with Crippen LogP contribution in [0.5, 0.6) is 0 Å². The number of hydrogen-bond acceptors (Lipinski definition) is 4. The Morgan fingerprint density at radius 3 is 2.24 bits per heavy atom. The summed E-state index contributed by atoms with van der Waals surface area (Å²) in [5, 5.41) is 28.8. The quantitative estimate of drug-likeness (QED) is 0.335. The molecule has 1 aromatic carbocycles. The first-order chi connectivity index (χ1) is 10.1. The normalized spacial score (nSPS) is 9.67. The highest BCUT2D eigenvalue weighted by Gasteiger charge is 2.05. The van der Waals surface area contributed by atoms with Crippen molar-refractivity contribution >= 4 is 6.09 Å². The molecular formula is C15H26N2O4. The molecule has 0 heterocycles. The summed E-state index contributed by atoms with van der Waals surface area (Å²) in [6, 6.07) is 10.3. The van der Waals surface area contributed by atoms with Gasteiger partial charge < -0.3 is 15.5 Å². The molecule has 0 aliphatic heterocycles. The zero-order valence-electron chi connectivity index (χ0n) is 12.5. The van der Waals surface area contributed by atoms with E-state index in [-0.39, 0.29) is 18.2 Å². The van der Waals surface area contributed by atoms with Crippen molar-refractivity contribution in [2.24, 2.45) is 0 Å². The Morgan fingerprint density at radius 2 is 1.76 bits per heavy atom. The van der Waals surface area contributed by atoms with Gasteiger partial charge in [-0.05, 0) is 39.3 Å². The Bertz CT molecular complexity index is 360. The first kappa shape index (κ1) is 19.4. The zero-order chi connectivity index (χ0) is 15.9. The lowest BCUT2D eigenvalue weighted by Gasteiger charge is -2.10. The number of nitrogens with zero attached hydrogens (tertiary/aromatic N) is 1. The lowest BCUT2D eigenvalue weighted by atomic mass is 10.2. The number of aryl methyl sites for hydroxylation is 1. The van der Waals surface area contributed by atoms with E-state index in [1.54, 1.807) is 0 Å². The van der Waals surface area contributed by atoms with Crippen LogP contribution in [0.3, 0.4) is 0 Å². The van der Waals surface area contributed by atoms with E-state index < -0.39 is 6.09 Å². The first-order valence-electron chi connectivity index (χ1n) is 7.10. The lowest BCUT2D eigenvalue weighted by molar-refractivity contribution is -0.0640. The monoisotopic (exact) mass is 298 g/mol. The van der Waals surface area contributed by atoms with E-state index in [2.05, 4.69) is 24.4 Å². The van der Waals surface area contributed by atoms with Gasteiger partial charge in [0, 0.05) is 6.61 Å². The molecule has 120 valence electrons. The second kappa shape index (κ2) is 13.4. The summed E-state index contributed by atoms with van der Waals surface area (Å²) in [5.41, 5.74) is 1.32. The molecule has 4 N–H and O–H groups in total. The van der Waals surface area contributed by atoms with E-state index in [1.807, 2.05) is 18.2 Å². The Balaban J connectivity index is 0.000000471. The van der Waals surface area contributed by atoms with Crippen LogP contribution in [0.15, 0.2) is 30.3 Å². The minimum Gasteiger partial charge on any atom is -0.463 e. The van der Waals surface area contributed by atoms with E-state index in [0.717, 1.165) is 19.4 Å². The maximum Gasteiger partial charge on any atom is 0.431 e. The van der Waals surface area contributed by atoms with Crippen molar-refractivity contribution in [2.75, 3.05) is 26.2 Å². The molecule has 0 aliphatic rings. The summed E-state index contributed by atoms with van der Waals surface area (Å²) in [6.45, 7) is 3.86. The number of rotatable bonds is 8. The van der Waals surface area contributed by atoms with Crippen molar-refractivity contribution < 1.29 is 20.2 Å². The Kier molecular flexibility index (Phi) is 12.3. The number of unbranched alkanes of at least 4 members (excludes halogenated alkanes) is 1. The maximum atomic E-state index is 10.1. The predicted octanol–water partition coefficient (Wildman–Crippen LogP) is 2.10. The van der Waals surface area contributed by atoms with Crippen molar-refractivity contribution in [2.45, 2.75) is 26.2 Å². The summed E-state index contributed by atoms with van der Waals surface area (Å²) < 4.78 is 0. The van der Waals surface area contributed by atoms with E-state index in [4.69, 9.17) is 15.4 Å². The number of nitrogens with one attached hydrogen (secondary N) is 1. The average molecular weight is 298 g/mol. The van der Waals surface area contributed by atoms with Crippen LogP contribution < -0.4 is 5.32 Å². The molecule has 0 aliphatic carbocycles. The van der Waals surface area contributed by atoms with Gasteiger partial charge in [-0.2, -0.15) is 5.06 Å². The minimum absolute atomic E-state index is 0.113. The molecule has 0 atom stereocenters.